The van der Waals surface area contributed by atoms with Crippen molar-refractivity contribution in [2.75, 3.05) is 6.54 Å². The Hall–Kier alpha value is -0.890. The zero-order valence-corrected chi connectivity index (χ0v) is 11.4. The Bertz CT molecular complexity index is 282. The van der Waals surface area contributed by atoms with Crippen molar-refractivity contribution in [1.29, 1.82) is 0 Å². The van der Waals surface area contributed by atoms with Gasteiger partial charge in [-0.15, -0.1) is 0 Å². The second-order valence-corrected chi connectivity index (χ2v) is 5.06. The lowest BCUT2D eigenvalue weighted by molar-refractivity contribution is 0.370. The minimum absolute atomic E-state index is 0.659. The SMILES string of the molecule is CCCNC(CCCc1cccnc1)C(C)C. The topological polar surface area (TPSA) is 24.9 Å². The molecule has 0 saturated heterocycles. The van der Waals surface area contributed by atoms with Crippen molar-refractivity contribution >= 4 is 0 Å². The summed E-state index contributed by atoms with van der Waals surface area (Å²) in [5, 5.41) is 3.64. The molecule has 1 aromatic rings. The fourth-order valence-electron chi connectivity index (χ4n) is 2.07. The third-order valence-corrected chi connectivity index (χ3v) is 3.16. The molecule has 0 spiro atoms. The van der Waals surface area contributed by atoms with Gasteiger partial charge in [0.25, 0.3) is 0 Å². The molecule has 1 heterocycles. The molecule has 0 saturated carbocycles. The summed E-state index contributed by atoms with van der Waals surface area (Å²) < 4.78 is 0. The maximum absolute atomic E-state index is 4.15. The molecule has 0 aliphatic heterocycles. The summed E-state index contributed by atoms with van der Waals surface area (Å²) in [6.07, 6.45) is 8.67. The van der Waals surface area contributed by atoms with Crippen molar-refractivity contribution in [3.8, 4) is 0 Å². The van der Waals surface area contributed by atoms with E-state index in [1.807, 2.05) is 18.5 Å². The fourth-order valence-corrected chi connectivity index (χ4v) is 2.07. The lowest BCUT2D eigenvalue weighted by Crippen LogP contribution is -2.34. The van der Waals surface area contributed by atoms with Gasteiger partial charge in [0.2, 0.25) is 0 Å². The summed E-state index contributed by atoms with van der Waals surface area (Å²) in [5.41, 5.74) is 1.35. The first-order valence-electron chi connectivity index (χ1n) is 6.86. The van der Waals surface area contributed by atoms with E-state index in [4.69, 9.17) is 0 Å². The van der Waals surface area contributed by atoms with E-state index in [0.717, 1.165) is 18.9 Å². The predicted molar refractivity (Wildman–Crippen MR) is 74.1 cm³/mol. The van der Waals surface area contributed by atoms with Crippen LogP contribution in [-0.4, -0.2) is 17.6 Å². The van der Waals surface area contributed by atoms with E-state index >= 15 is 0 Å². The molecule has 0 aliphatic carbocycles. The van der Waals surface area contributed by atoms with E-state index in [-0.39, 0.29) is 0 Å². The highest BCUT2D eigenvalue weighted by Crippen LogP contribution is 2.11. The first kappa shape index (κ1) is 14.2. The van der Waals surface area contributed by atoms with Crippen LogP contribution in [-0.2, 0) is 6.42 Å². The van der Waals surface area contributed by atoms with Crippen molar-refractivity contribution in [2.24, 2.45) is 5.92 Å². The Morgan fingerprint density at radius 1 is 1.35 bits per heavy atom. The number of aryl methyl sites for hydroxylation is 1. The van der Waals surface area contributed by atoms with Gasteiger partial charge in [0.05, 0.1) is 0 Å². The average Bonchev–Trinajstić information content (AvgIpc) is 2.34. The molecule has 1 N–H and O–H groups in total. The van der Waals surface area contributed by atoms with Gasteiger partial charge in [0.1, 0.15) is 0 Å². The summed E-state index contributed by atoms with van der Waals surface area (Å²) in [6.45, 7) is 7.96. The summed E-state index contributed by atoms with van der Waals surface area (Å²) in [6, 6.07) is 4.84. The quantitative estimate of drug-likeness (QED) is 0.745. The van der Waals surface area contributed by atoms with Crippen LogP contribution < -0.4 is 5.32 Å². The van der Waals surface area contributed by atoms with Crippen LogP contribution in [0.1, 0.15) is 45.6 Å². The molecule has 96 valence electrons. The molecule has 1 unspecified atom stereocenters. The van der Waals surface area contributed by atoms with Crippen LogP contribution in [0.15, 0.2) is 24.5 Å². The Morgan fingerprint density at radius 2 is 2.18 bits per heavy atom. The molecule has 1 atom stereocenters. The highest BCUT2D eigenvalue weighted by molar-refractivity contribution is 5.08. The number of hydrogen-bond acceptors (Lipinski definition) is 2. The Kier molecular flexibility index (Phi) is 6.87. The lowest BCUT2D eigenvalue weighted by Gasteiger charge is -2.22. The van der Waals surface area contributed by atoms with Gasteiger partial charge in [-0.05, 0) is 49.8 Å². The number of rotatable bonds is 8. The van der Waals surface area contributed by atoms with Crippen LogP contribution in [0.4, 0.5) is 0 Å². The monoisotopic (exact) mass is 234 g/mol. The van der Waals surface area contributed by atoms with Gasteiger partial charge in [0, 0.05) is 18.4 Å². The maximum Gasteiger partial charge on any atom is 0.0299 e. The lowest BCUT2D eigenvalue weighted by atomic mass is 9.97. The van der Waals surface area contributed by atoms with Crippen molar-refractivity contribution in [3.05, 3.63) is 30.1 Å². The van der Waals surface area contributed by atoms with Crippen molar-refractivity contribution in [3.63, 3.8) is 0 Å². The molecule has 0 radical (unpaired) electrons. The average molecular weight is 234 g/mol. The smallest absolute Gasteiger partial charge is 0.0299 e. The molecular formula is C15H26N2. The summed E-state index contributed by atoms with van der Waals surface area (Å²) in [4.78, 5) is 4.15. The van der Waals surface area contributed by atoms with Gasteiger partial charge in [-0.25, -0.2) is 0 Å². The molecule has 17 heavy (non-hydrogen) atoms. The number of aromatic nitrogens is 1. The Labute approximate surface area is 106 Å². The van der Waals surface area contributed by atoms with Crippen LogP contribution in [0.2, 0.25) is 0 Å². The zero-order chi connectivity index (χ0) is 12.5. The minimum Gasteiger partial charge on any atom is -0.314 e. The zero-order valence-electron chi connectivity index (χ0n) is 11.4. The van der Waals surface area contributed by atoms with Crippen LogP contribution in [0, 0.1) is 5.92 Å². The third kappa shape index (κ3) is 5.83. The van der Waals surface area contributed by atoms with Gasteiger partial charge >= 0.3 is 0 Å². The number of nitrogens with one attached hydrogen (secondary N) is 1. The molecule has 2 heteroatoms. The molecule has 0 aromatic carbocycles. The molecule has 0 aliphatic rings. The van der Waals surface area contributed by atoms with Gasteiger partial charge in [-0.3, -0.25) is 4.98 Å². The molecular weight excluding hydrogens is 208 g/mol. The molecule has 0 bridgehead atoms. The molecule has 0 amide bonds. The van der Waals surface area contributed by atoms with E-state index in [1.165, 1.54) is 24.8 Å². The van der Waals surface area contributed by atoms with Crippen LogP contribution in [0.5, 0.6) is 0 Å². The van der Waals surface area contributed by atoms with Gasteiger partial charge in [-0.1, -0.05) is 26.8 Å². The molecule has 2 nitrogen and oxygen atoms in total. The van der Waals surface area contributed by atoms with E-state index in [0.29, 0.717) is 6.04 Å². The summed E-state index contributed by atoms with van der Waals surface area (Å²) in [5.74, 6) is 0.718. The molecule has 1 aromatic heterocycles. The van der Waals surface area contributed by atoms with Crippen molar-refractivity contribution in [1.82, 2.24) is 10.3 Å². The number of nitrogens with zero attached hydrogens (tertiary/aromatic N) is 1. The largest absolute Gasteiger partial charge is 0.314 e. The van der Waals surface area contributed by atoms with Crippen molar-refractivity contribution in [2.45, 2.75) is 52.5 Å². The first-order valence-corrected chi connectivity index (χ1v) is 6.86. The first-order chi connectivity index (χ1) is 8.24. The minimum atomic E-state index is 0.659. The summed E-state index contributed by atoms with van der Waals surface area (Å²) in [7, 11) is 0. The summed E-state index contributed by atoms with van der Waals surface area (Å²) >= 11 is 0. The number of hydrogen-bond donors (Lipinski definition) is 1. The van der Waals surface area contributed by atoms with Crippen LogP contribution >= 0.6 is 0 Å². The van der Waals surface area contributed by atoms with E-state index in [9.17, 15) is 0 Å². The molecule has 1 rings (SSSR count). The van der Waals surface area contributed by atoms with Crippen LogP contribution in [0.25, 0.3) is 0 Å². The normalized spacial score (nSPS) is 12.9. The number of pyridine rings is 1. The van der Waals surface area contributed by atoms with Crippen molar-refractivity contribution < 1.29 is 0 Å². The second kappa shape index (κ2) is 8.24. The highest BCUT2D eigenvalue weighted by Gasteiger charge is 2.11. The second-order valence-electron chi connectivity index (χ2n) is 5.06. The van der Waals surface area contributed by atoms with E-state index < -0.39 is 0 Å². The van der Waals surface area contributed by atoms with Gasteiger partial charge in [-0.2, -0.15) is 0 Å². The Balaban J connectivity index is 2.27. The Morgan fingerprint density at radius 3 is 2.76 bits per heavy atom. The standard InChI is InChI=1S/C15H26N2/c1-4-10-17-15(13(2)3)9-5-7-14-8-6-11-16-12-14/h6,8,11-13,15,17H,4-5,7,9-10H2,1-3H3. The van der Waals surface area contributed by atoms with E-state index in [2.05, 4.69) is 37.1 Å². The van der Waals surface area contributed by atoms with Gasteiger partial charge < -0.3 is 5.32 Å². The van der Waals surface area contributed by atoms with E-state index in [1.54, 1.807) is 0 Å². The predicted octanol–water partition coefficient (Wildman–Crippen LogP) is 3.43. The molecule has 0 fully saturated rings. The highest BCUT2D eigenvalue weighted by atomic mass is 14.9. The van der Waals surface area contributed by atoms with Crippen LogP contribution in [0.3, 0.4) is 0 Å². The third-order valence-electron chi connectivity index (χ3n) is 3.16. The van der Waals surface area contributed by atoms with Gasteiger partial charge in [0.15, 0.2) is 0 Å². The maximum atomic E-state index is 4.15. The fraction of sp³-hybridized carbons (Fsp3) is 0.667.